The van der Waals surface area contributed by atoms with Gasteiger partial charge in [0.15, 0.2) is 9.84 Å². The fourth-order valence-corrected chi connectivity index (χ4v) is 11.3. The SMILES string of the molecule is O=S1(=O)C[C@H](O)[C@@H](N(CCNS(=O)(=O)c2ccc(C3CCCCC3)cc2)S(=O)(=O)c2ccc(C3CCCCC3)cc2)C1. The second-order valence-electron chi connectivity index (χ2n) is 12.0. The van der Waals surface area contributed by atoms with E-state index in [0.717, 1.165) is 54.0 Å². The van der Waals surface area contributed by atoms with Gasteiger partial charge in [-0.3, -0.25) is 0 Å². The zero-order valence-electron chi connectivity index (χ0n) is 23.9. The van der Waals surface area contributed by atoms with Crippen LogP contribution < -0.4 is 4.72 Å². The van der Waals surface area contributed by atoms with Crippen molar-refractivity contribution < 1.29 is 30.4 Å². The third kappa shape index (κ3) is 7.27. The first-order valence-corrected chi connectivity index (χ1v) is 19.8. The molecular formula is C30H42N2O7S3. The molecule has 2 saturated carbocycles. The number of sulfonamides is 2. The predicted molar refractivity (Wildman–Crippen MR) is 162 cm³/mol. The van der Waals surface area contributed by atoms with Crippen molar-refractivity contribution in [2.75, 3.05) is 24.6 Å². The summed E-state index contributed by atoms with van der Waals surface area (Å²) in [7, 11) is -11.8. The smallest absolute Gasteiger partial charge is 0.243 e. The van der Waals surface area contributed by atoms with Crippen LogP contribution in [0, 0.1) is 0 Å². The van der Waals surface area contributed by atoms with E-state index in [1.165, 1.54) is 37.8 Å². The fraction of sp³-hybridized carbons (Fsp3) is 0.600. The Morgan fingerprint density at radius 2 is 1.19 bits per heavy atom. The van der Waals surface area contributed by atoms with Gasteiger partial charge < -0.3 is 5.11 Å². The Bertz CT molecular complexity index is 1530. The van der Waals surface area contributed by atoms with Gasteiger partial charge >= 0.3 is 0 Å². The minimum atomic E-state index is -4.24. The van der Waals surface area contributed by atoms with Gasteiger partial charge in [-0.05, 0) is 72.9 Å². The highest BCUT2D eigenvalue weighted by atomic mass is 32.2. The summed E-state index contributed by atoms with van der Waals surface area (Å²) in [6.07, 6.45) is 9.99. The van der Waals surface area contributed by atoms with Crippen LogP contribution in [0.4, 0.5) is 0 Å². The molecule has 2 aromatic carbocycles. The summed E-state index contributed by atoms with van der Waals surface area (Å²) in [5.74, 6) is -0.237. The zero-order valence-corrected chi connectivity index (χ0v) is 26.3. The summed E-state index contributed by atoms with van der Waals surface area (Å²) >= 11 is 0. The van der Waals surface area contributed by atoms with Gasteiger partial charge in [-0.15, -0.1) is 0 Å². The monoisotopic (exact) mass is 638 g/mol. The number of nitrogens with zero attached hydrogens (tertiary/aromatic N) is 1. The Balaban J connectivity index is 1.31. The lowest BCUT2D eigenvalue weighted by molar-refractivity contribution is 0.128. The molecule has 0 amide bonds. The summed E-state index contributed by atoms with van der Waals surface area (Å²) < 4.78 is 81.8. The predicted octanol–water partition coefficient (Wildman–Crippen LogP) is 3.91. The number of aliphatic hydroxyl groups is 1. The standard InChI is InChI=1S/C30H42N2O7S3/c33-30-22-40(34,35)21-29(30)32(42(38,39)28-17-13-26(14-18-28)24-9-5-2-6-10-24)20-19-31-41(36,37)27-15-11-25(12-16-27)23-7-3-1-4-8-23/h11-18,23-24,29-31,33H,1-10,19-22H2/t29-,30-/m0/s1. The third-order valence-electron chi connectivity index (χ3n) is 9.12. The van der Waals surface area contributed by atoms with Crippen molar-refractivity contribution in [2.24, 2.45) is 0 Å². The molecule has 12 heteroatoms. The molecule has 2 aliphatic carbocycles. The van der Waals surface area contributed by atoms with E-state index in [4.69, 9.17) is 0 Å². The average molecular weight is 639 g/mol. The molecule has 232 valence electrons. The molecule has 2 N–H and O–H groups in total. The molecular weight excluding hydrogens is 597 g/mol. The van der Waals surface area contributed by atoms with E-state index in [1.54, 1.807) is 12.1 Å². The van der Waals surface area contributed by atoms with Gasteiger partial charge in [0.25, 0.3) is 0 Å². The molecule has 0 aromatic heterocycles. The molecule has 0 bridgehead atoms. The molecule has 0 spiro atoms. The molecule has 1 aliphatic heterocycles. The number of sulfone groups is 1. The molecule has 3 fully saturated rings. The van der Waals surface area contributed by atoms with Gasteiger partial charge in [0.2, 0.25) is 20.0 Å². The molecule has 5 rings (SSSR count). The Labute approximate surface area is 250 Å². The van der Waals surface area contributed by atoms with Crippen molar-refractivity contribution in [3.05, 3.63) is 59.7 Å². The largest absolute Gasteiger partial charge is 0.390 e. The summed E-state index contributed by atoms with van der Waals surface area (Å²) in [4.78, 5) is 0.0676. The second-order valence-corrected chi connectivity index (χ2v) is 17.8. The van der Waals surface area contributed by atoms with Crippen LogP contribution in [0.3, 0.4) is 0 Å². The van der Waals surface area contributed by atoms with Crippen LogP contribution in [-0.4, -0.2) is 71.4 Å². The molecule has 0 radical (unpaired) electrons. The van der Waals surface area contributed by atoms with Crippen molar-refractivity contribution in [3.63, 3.8) is 0 Å². The number of aliphatic hydroxyl groups excluding tert-OH is 1. The van der Waals surface area contributed by atoms with Gasteiger partial charge in [-0.2, -0.15) is 4.31 Å². The van der Waals surface area contributed by atoms with Crippen LogP contribution >= 0.6 is 0 Å². The number of hydrogen-bond donors (Lipinski definition) is 2. The summed E-state index contributed by atoms with van der Waals surface area (Å²) in [6, 6.07) is 12.3. The van der Waals surface area contributed by atoms with Crippen LogP contribution in [0.15, 0.2) is 58.3 Å². The molecule has 42 heavy (non-hydrogen) atoms. The highest BCUT2D eigenvalue weighted by molar-refractivity contribution is 7.92. The molecule has 9 nitrogen and oxygen atoms in total. The molecule has 3 aliphatic rings. The minimum absolute atomic E-state index is 0.0142. The fourth-order valence-electron chi connectivity index (χ4n) is 6.76. The van der Waals surface area contributed by atoms with Crippen molar-refractivity contribution in [3.8, 4) is 0 Å². The second kappa shape index (κ2) is 13.0. The zero-order chi connectivity index (χ0) is 30.0. The third-order valence-corrected chi connectivity index (χ3v) is 14.2. The van der Waals surface area contributed by atoms with E-state index < -0.39 is 53.5 Å². The maximum atomic E-state index is 13.8. The van der Waals surface area contributed by atoms with Crippen molar-refractivity contribution in [2.45, 2.75) is 98.0 Å². The van der Waals surface area contributed by atoms with Gasteiger partial charge in [-0.25, -0.2) is 30.0 Å². The van der Waals surface area contributed by atoms with Gasteiger partial charge in [0.1, 0.15) is 0 Å². The molecule has 1 saturated heterocycles. The Kier molecular flexibility index (Phi) is 9.80. The van der Waals surface area contributed by atoms with Crippen LogP contribution in [0.1, 0.15) is 87.2 Å². The lowest BCUT2D eigenvalue weighted by Gasteiger charge is -2.29. The highest BCUT2D eigenvalue weighted by Crippen LogP contribution is 2.34. The first-order chi connectivity index (χ1) is 20.0. The lowest BCUT2D eigenvalue weighted by Crippen LogP contribution is -2.49. The normalized spacial score (nSPS) is 24.2. The van der Waals surface area contributed by atoms with Crippen LogP contribution in [0.2, 0.25) is 0 Å². The molecule has 1 heterocycles. The summed E-state index contributed by atoms with van der Waals surface area (Å²) in [6.45, 7) is -0.612. The van der Waals surface area contributed by atoms with E-state index in [0.29, 0.717) is 11.8 Å². The van der Waals surface area contributed by atoms with Gasteiger partial charge in [0, 0.05) is 13.1 Å². The number of hydrogen-bond acceptors (Lipinski definition) is 7. The van der Waals surface area contributed by atoms with E-state index in [9.17, 15) is 30.4 Å². The Hall–Kier alpha value is -1.83. The van der Waals surface area contributed by atoms with E-state index in [1.807, 2.05) is 24.3 Å². The van der Waals surface area contributed by atoms with Crippen molar-refractivity contribution in [1.82, 2.24) is 9.03 Å². The van der Waals surface area contributed by atoms with Crippen molar-refractivity contribution >= 4 is 29.9 Å². The minimum Gasteiger partial charge on any atom is -0.390 e. The van der Waals surface area contributed by atoms with E-state index in [2.05, 4.69) is 4.72 Å². The summed E-state index contributed by atoms with van der Waals surface area (Å²) in [5, 5.41) is 10.6. The van der Waals surface area contributed by atoms with E-state index >= 15 is 0 Å². The average Bonchev–Trinajstić information content (AvgIpc) is 3.27. The Morgan fingerprint density at radius 1 is 0.714 bits per heavy atom. The van der Waals surface area contributed by atoms with Gasteiger partial charge in [-0.1, -0.05) is 62.8 Å². The first kappa shape index (κ1) is 31.6. The van der Waals surface area contributed by atoms with Crippen molar-refractivity contribution in [1.29, 1.82) is 0 Å². The number of rotatable bonds is 10. The number of benzene rings is 2. The maximum Gasteiger partial charge on any atom is 0.243 e. The Morgan fingerprint density at radius 3 is 1.64 bits per heavy atom. The van der Waals surface area contributed by atoms with Crippen LogP contribution in [0.25, 0.3) is 0 Å². The molecule has 2 aromatic rings. The maximum absolute atomic E-state index is 13.8. The highest BCUT2D eigenvalue weighted by Gasteiger charge is 2.44. The quantitative estimate of drug-likeness (QED) is 0.403. The topological polar surface area (TPSA) is 138 Å². The summed E-state index contributed by atoms with van der Waals surface area (Å²) in [5.41, 5.74) is 2.20. The van der Waals surface area contributed by atoms with Crippen LogP contribution in [0.5, 0.6) is 0 Å². The van der Waals surface area contributed by atoms with E-state index in [-0.39, 0.29) is 22.9 Å². The molecule has 2 atom stereocenters. The molecule has 0 unspecified atom stereocenters. The van der Waals surface area contributed by atoms with Gasteiger partial charge in [0.05, 0.1) is 33.4 Å². The number of nitrogens with one attached hydrogen (secondary N) is 1. The lowest BCUT2D eigenvalue weighted by atomic mass is 9.84. The first-order valence-electron chi connectivity index (χ1n) is 15.1. The van der Waals surface area contributed by atoms with Crippen LogP contribution in [-0.2, 0) is 29.9 Å².